The molecule has 0 fully saturated rings. The van der Waals surface area contributed by atoms with Crippen molar-refractivity contribution in [2.45, 2.75) is 0 Å². The van der Waals surface area contributed by atoms with Gasteiger partial charge in [0.25, 0.3) is 5.56 Å². The number of aromatic carboxylic acids is 1. The SMILES string of the molecule is O=C(O)c1ccc2c(=O)n(-c3ccc(F)c(Cl)c3)c(=O)[nH]c2c1. The highest BCUT2D eigenvalue weighted by molar-refractivity contribution is 6.30. The molecule has 2 N–H and O–H groups in total. The second-order valence-corrected chi connectivity index (χ2v) is 5.14. The molecule has 0 amide bonds. The van der Waals surface area contributed by atoms with Crippen molar-refractivity contribution in [3.8, 4) is 5.69 Å². The van der Waals surface area contributed by atoms with Crippen molar-refractivity contribution < 1.29 is 14.3 Å². The Balaban J connectivity index is 2.33. The molecule has 0 aliphatic heterocycles. The third kappa shape index (κ3) is 2.51. The summed E-state index contributed by atoms with van der Waals surface area (Å²) in [5, 5.41) is 8.84. The highest BCUT2D eigenvalue weighted by Crippen LogP contribution is 2.18. The number of aromatic amines is 1. The molecule has 0 radical (unpaired) electrons. The van der Waals surface area contributed by atoms with Crippen LogP contribution in [0, 0.1) is 5.82 Å². The first-order valence-electron chi connectivity index (χ1n) is 6.36. The van der Waals surface area contributed by atoms with E-state index in [1.54, 1.807) is 0 Å². The Morgan fingerprint density at radius 2 is 1.91 bits per heavy atom. The molecule has 0 bridgehead atoms. The summed E-state index contributed by atoms with van der Waals surface area (Å²) >= 11 is 5.67. The monoisotopic (exact) mass is 334 g/mol. The Morgan fingerprint density at radius 3 is 2.57 bits per heavy atom. The highest BCUT2D eigenvalue weighted by Gasteiger charge is 2.13. The predicted molar refractivity (Wildman–Crippen MR) is 82.1 cm³/mol. The maximum absolute atomic E-state index is 13.2. The average Bonchev–Trinajstić information content (AvgIpc) is 2.50. The predicted octanol–water partition coefficient (Wildman–Crippen LogP) is 2.17. The molecule has 3 aromatic rings. The largest absolute Gasteiger partial charge is 0.478 e. The summed E-state index contributed by atoms with van der Waals surface area (Å²) in [5.74, 6) is -1.85. The number of carbonyl (C=O) groups is 1. The van der Waals surface area contributed by atoms with Crippen LogP contribution in [0.25, 0.3) is 16.6 Å². The fourth-order valence-electron chi connectivity index (χ4n) is 2.21. The normalized spacial score (nSPS) is 10.9. The number of benzene rings is 2. The average molecular weight is 335 g/mol. The van der Waals surface area contributed by atoms with Gasteiger partial charge in [-0.05, 0) is 36.4 Å². The summed E-state index contributed by atoms with van der Waals surface area (Å²) < 4.78 is 14.0. The van der Waals surface area contributed by atoms with E-state index in [0.717, 1.165) is 16.7 Å². The molecule has 6 nitrogen and oxygen atoms in total. The van der Waals surface area contributed by atoms with E-state index in [4.69, 9.17) is 16.7 Å². The van der Waals surface area contributed by atoms with E-state index in [1.807, 2.05) is 0 Å². The molecule has 1 aromatic heterocycles. The van der Waals surface area contributed by atoms with Gasteiger partial charge in [-0.3, -0.25) is 4.79 Å². The lowest BCUT2D eigenvalue weighted by atomic mass is 10.1. The fourth-order valence-corrected chi connectivity index (χ4v) is 2.38. The number of aromatic nitrogens is 2. The minimum absolute atomic E-state index is 0.0601. The smallest absolute Gasteiger partial charge is 0.335 e. The number of rotatable bonds is 2. The van der Waals surface area contributed by atoms with Gasteiger partial charge in [-0.15, -0.1) is 0 Å². The first kappa shape index (κ1) is 15.0. The second kappa shape index (κ2) is 5.36. The minimum atomic E-state index is -1.18. The summed E-state index contributed by atoms with van der Waals surface area (Å²) in [5.41, 5.74) is -1.30. The molecule has 0 saturated heterocycles. The summed E-state index contributed by atoms with van der Waals surface area (Å²) in [6.07, 6.45) is 0. The molecule has 116 valence electrons. The molecule has 8 heteroatoms. The highest BCUT2D eigenvalue weighted by atomic mass is 35.5. The number of carboxylic acid groups (broad SMARTS) is 1. The maximum atomic E-state index is 13.2. The maximum Gasteiger partial charge on any atom is 0.335 e. The van der Waals surface area contributed by atoms with Crippen LogP contribution in [0.1, 0.15) is 10.4 Å². The lowest BCUT2D eigenvalue weighted by Crippen LogP contribution is -2.33. The van der Waals surface area contributed by atoms with Crippen molar-refractivity contribution in [2.24, 2.45) is 0 Å². The van der Waals surface area contributed by atoms with Crippen LogP contribution in [0.5, 0.6) is 0 Å². The van der Waals surface area contributed by atoms with Crippen molar-refractivity contribution in [1.29, 1.82) is 0 Å². The topological polar surface area (TPSA) is 92.2 Å². The number of nitrogens with one attached hydrogen (secondary N) is 1. The first-order valence-corrected chi connectivity index (χ1v) is 6.74. The number of fused-ring (bicyclic) bond motifs is 1. The number of halogens is 2. The number of nitrogens with zero attached hydrogens (tertiary/aromatic N) is 1. The van der Waals surface area contributed by atoms with Crippen LogP contribution in [-0.2, 0) is 0 Å². The van der Waals surface area contributed by atoms with Gasteiger partial charge in [0.1, 0.15) is 5.82 Å². The third-order valence-corrected chi connectivity index (χ3v) is 3.60. The van der Waals surface area contributed by atoms with Crippen LogP contribution >= 0.6 is 11.6 Å². The molecule has 0 saturated carbocycles. The Labute approximate surface area is 132 Å². The molecule has 23 heavy (non-hydrogen) atoms. The molecule has 2 aromatic carbocycles. The lowest BCUT2D eigenvalue weighted by Gasteiger charge is -2.07. The number of H-pyrrole nitrogens is 1. The molecular formula is C15H8ClFN2O4. The summed E-state index contributed by atoms with van der Waals surface area (Å²) in [6.45, 7) is 0. The van der Waals surface area contributed by atoms with Crippen molar-refractivity contribution >= 4 is 28.5 Å². The lowest BCUT2D eigenvalue weighted by molar-refractivity contribution is 0.0697. The van der Waals surface area contributed by atoms with E-state index in [2.05, 4.69) is 4.98 Å². The van der Waals surface area contributed by atoms with Gasteiger partial charge in [-0.25, -0.2) is 18.5 Å². The van der Waals surface area contributed by atoms with Gasteiger partial charge in [0.2, 0.25) is 0 Å². The van der Waals surface area contributed by atoms with Gasteiger partial charge in [-0.2, -0.15) is 0 Å². The van der Waals surface area contributed by atoms with Crippen LogP contribution in [0.2, 0.25) is 5.02 Å². The standard InChI is InChI=1S/C15H8ClFN2O4/c16-10-6-8(2-4-11(10)17)19-13(20)9-3-1-7(14(21)22)5-12(9)18-15(19)23/h1-6H,(H,18,23)(H,21,22). The molecule has 0 aliphatic rings. The van der Waals surface area contributed by atoms with E-state index >= 15 is 0 Å². The van der Waals surface area contributed by atoms with E-state index in [0.29, 0.717) is 0 Å². The quantitative estimate of drug-likeness (QED) is 0.751. The van der Waals surface area contributed by atoms with Gasteiger partial charge >= 0.3 is 11.7 Å². The van der Waals surface area contributed by atoms with Crippen molar-refractivity contribution in [1.82, 2.24) is 9.55 Å². The molecule has 3 rings (SSSR count). The molecule has 0 atom stereocenters. The van der Waals surface area contributed by atoms with Gasteiger partial charge in [0.05, 0.1) is 27.2 Å². The van der Waals surface area contributed by atoms with Crippen LogP contribution in [0.4, 0.5) is 4.39 Å². The van der Waals surface area contributed by atoms with E-state index in [-0.39, 0.29) is 27.2 Å². The van der Waals surface area contributed by atoms with Crippen LogP contribution in [-0.4, -0.2) is 20.6 Å². The second-order valence-electron chi connectivity index (χ2n) is 4.73. The Kier molecular flexibility index (Phi) is 3.49. The number of hydrogen-bond acceptors (Lipinski definition) is 3. The first-order chi connectivity index (χ1) is 10.9. The molecule has 0 spiro atoms. The Hall–Kier alpha value is -2.93. The summed E-state index contributed by atoms with van der Waals surface area (Å²) in [7, 11) is 0. The number of carboxylic acids is 1. The van der Waals surface area contributed by atoms with Crippen LogP contribution < -0.4 is 11.2 Å². The van der Waals surface area contributed by atoms with E-state index in [9.17, 15) is 18.8 Å². The molecule has 1 heterocycles. The van der Waals surface area contributed by atoms with Crippen molar-refractivity contribution in [2.75, 3.05) is 0 Å². The zero-order valence-electron chi connectivity index (χ0n) is 11.3. The Morgan fingerprint density at radius 1 is 1.17 bits per heavy atom. The van der Waals surface area contributed by atoms with Gasteiger partial charge in [-0.1, -0.05) is 11.6 Å². The van der Waals surface area contributed by atoms with E-state index in [1.165, 1.54) is 24.3 Å². The molecule has 0 aliphatic carbocycles. The van der Waals surface area contributed by atoms with Gasteiger partial charge < -0.3 is 10.1 Å². The minimum Gasteiger partial charge on any atom is -0.478 e. The number of hydrogen-bond donors (Lipinski definition) is 2. The third-order valence-electron chi connectivity index (χ3n) is 3.31. The zero-order chi connectivity index (χ0) is 16.7. The van der Waals surface area contributed by atoms with Crippen LogP contribution in [0.15, 0.2) is 46.0 Å². The summed E-state index contributed by atoms with van der Waals surface area (Å²) in [4.78, 5) is 38.0. The van der Waals surface area contributed by atoms with Crippen molar-refractivity contribution in [3.05, 3.63) is 73.6 Å². The van der Waals surface area contributed by atoms with E-state index < -0.39 is 23.0 Å². The van der Waals surface area contributed by atoms with Crippen LogP contribution in [0.3, 0.4) is 0 Å². The Bertz CT molecular complexity index is 1070. The zero-order valence-corrected chi connectivity index (χ0v) is 12.1. The van der Waals surface area contributed by atoms with Gasteiger partial charge in [0.15, 0.2) is 0 Å². The molecular weight excluding hydrogens is 327 g/mol. The van der Waals surface area contributed by atoms with Crippen molar-refractivity contribution in [3.63, 3.8) is 0 Å². The van der Waals surface area contributed by atoms with Gasteiger partial charge in [0, 0.05) is 0 Å². The summed E-state index contributed by atoms with van der Waals surface area (Å²) in [6, 6.07) is 7.20. The fraction of sp³-hybridized carbons (Fsp3) is 0. The molecule has 0 unspecified atom stereocenters.